The topological polar surface area (TPSA) is 87.3 Å². The van der Waals surface area contributed by atoms with Gasteiger partial charge in [-0.2, -0.15) is 0 Å². The quantitative estimate of drug-likeness (QED) is 0.321. The predicted molar refractivity (Wildman–Crippen MR) is 73.6 cm³/mol. The zero-order chi connectivity index (χ0) is 13.0. The van der Waals surface area contributed by atoms with Crippen LogP contribution in [0.15, 0.2) is 11.2 Å². The molecule has 1 aromatic heterocycles. The Morgan fingerprint density at radius 2 is 2.44 bits per heavy atom. The summed E-state index contributed by atoms with van der Waals surface area (Å²) in [4.78, 5) is 10.9. The van der Waals surface area contributed by atoms with Crippen molar-refractivity contribution in [2.75, 3.05) is 36.3 Å². The predicted octanol–water partition coefficient (Wildman–Crippen LogP) is 0.693. The van der Waals surface area contributed by atoms with E-state index < -0.39 is 0 Å². The van der Waals surface area contributed by atoms with E-state index in [0.717, 1.165) is 31.7 Å². The molecule has 100 valence electrons. The first kappa shape index (κ1) is 13.4. The van der Waals surface area contributed by atoms with E-state index in [9.17, 15) is 5.11 Å². The molecule has 0 radical (unpaired) electrons. The van der Waals surface area contributed by atoms with Gasteiger partial charge < -0.3 is 15.4 Å². The Kier molecular flexibility index (Phi) is 4.62. The molecule has 1 atom stereocenters. The lowest BCUT2D eigenvalue weighted by Gasteiger charge is -2.32. The van der Waals surface area contributed by atoms with E-state index in [2.05, 4.69) is 20.3 Å². The number of nitrogens with zero attached hydrogens (tertiary/aromatic N) is 3. The lowest BCUT2D eigenvalue weighted by molar-refractivity contribution is 0.208. The summed E-state index contributed by atoms with van der Waals surface area (Å²) >= 11 is 1.49. The largest absolute Gasteiger partial charge is 0.396 e. The number of aromatic nitrogens is 2. The molecule has 6 nitrogen and oxygen atoms in total. The first-order valence-corrected chi connectivity index (χ1v) is 7.24. The molecule has 2 rings (SSSR count). The van der Waals surface area contributed by atoms with Crippen LogP contribution in [0.2, 0.25) is 0 Å². The Labute approximate surface area is 111 Å². The van der Waals surface area contributed by atoms with Crippen molar-refractivity contribution >= 4 is 23.4 Å². The lowest BCUT2D eigenvalue weighted by atomic mass is 9.99. The summed E-state index contributed by atoms with van der Waals surface area (Å²) < 4.78 is 0. The Balaban J connectivity index is 2.20. The molecule has 1 fully saturated rings. The maximum atomic E-state index is 9.26. The highest BCUT2D eigenvalue weighted by atomic mass is 32.2. The van der Waals surface area contributed by atoms with Crippen molar-refractivity contribution < 1.29 is 5.11 Å². The van der Waals surface area contributed by atoms with Gasteiger partial charge in [-0.25, -0.2) is 15.8 Å². The molecule has 0 saturated carbocycles. The molecule has 4 N–H and O–H groups in total. The van der Waals surface area contributed by atoms with Crippen LogP contribution in [0.25, 0.3) is 0 Å². The number of hydrogen-bond donors (Lipinski definition) is 3. The second kappa shape index (κ2) is 6.21. The van der Waals surface area contributed by atoms with Crippen molar-refractivity contribution in [2.45, 2.75) is 18.0 Å². The number of piperidine rings is 1. The first-order valence-electron chi connectivity index (χ1n) is 6.02. The van der Waals surface area contributed by atoms with Crippen LogP contribution >= 0.6 is 11.8 Å². The van der Waals surface area contributed by atoms with Gasteiger partial charge >= 0.3 is 0 Å². The van der Waals surface area contributed by atoms with Crippen LogP contribution < -0.4 is 16.2 Å². The van der Waals surface area contributed by atoms with Crippen LogP contribution in [0.1, 0.15) is 12.8 Å². The Bertz CT molecular complexity index is 381. The average molecular weight is 269 g/mol. The molecule has 7 heteroatoms. The van der Waals surface area contributed by atoms with Gasteiger partial charge in [-0.05, 0) is 25.0 Å². The zero-order valence-electron chi connectivity index (χ0n) is 10.5. The Morgan fingerprint density at radius 1 is 1.61 bits per heavy atom. The van der Waals surface area contributed by atoms with Crippen molar-refractivity contribution in [3.63, 3.8) is 0 Å². The monoisotopic (exact) mass is 269 g/mol. The number of nitrogens with two attached hydrogens (primary N) is 1. The highest BCUT2D eigenvalue weighted by molar-refractivity contribution is 7.98. The second-order valence-corrected chi connectivity index (χ2v) is 5.15. The van der Waals surface area contributed by atoms with Gasteiger partial charge in [-0.1, -0.05) is 11.8 Å². The van der Waals surface area contributed by atoms with E-state index in [-0.39, 0.29) is 6.61 Å². The molecule has 1 unspecified atom stereocenters. The van der Waals surface area contributed by atoms with Gasteiger partial charge in [0.1, 0.15) is 11.6 Å². The normalized spacial score (nSPS) is 19.9. The molecule has 0 amide bonds. The van der Waals surface area contributed by atoms with E-state index >= 15 is 0 Å². The molecule has 0 aromatic carbocycles. The molecule has 1 aromatic rings. The van der Waals surface area contributed by atoms with Gasteiger partial charge in [0, 0.05) is 25.8 Å². The fourth-order valence-electron chi connectivity index (χ4n) is 2.16. The number of thioether (sulfide) groups is 1. The molecule has 0 bridgehead atoms. The molecule has 1 saturated heterocycles. The third-order valence-corrected chi connectivity index (χ3v) is 3.67. The summed E-state index contributed by atoms with van der Waals surface area (Å²) in [7, 11) is 0. The summed E-state index contributed by atoms with van der Waals surface area (Å²) in [6, 6.07) is 1.85. The number of nitrogen functional groups attached to an aromatic ring is 1. The smallest absolute Gasteiger partial charge is 0.191 e. The minimum atomic E-state index is 0.235. The van der Waals surface area contributed by atoms with Crippen molar-refractivity contribution in [2.24, 2.45) is 11.8 Å². The van der Waals surface area contributed by atoms with E-state index in [1.54, 1.807) is 0 Å². The van der Waals surface area contributed by atoms with Crippen LogP contribution in [0.3, 0.4) is 0 Å². The lowest BCUT2D eigenvalue weighted by Crippen LogP contribution is -2.37. The third kappa shape index (κ3) is 3.04. The van der Waals surface area contributed by atoms with Crippen molar-refractivity contribution in [3.8, 4) is 0 Å². The SMILES string of the molecule is CSc1nc(NN)cc(N2CCCC(CO)C2)n1. The number of aliphatic hydroxyl groups is 1. The maximum absolute atomic E-state index is 9.26. The van der Waals surface area contributed by atoms with Crippen LogP contribution in [0.5, 0.6) is 0 Å². The summed E-state index contributed by atoms with van der Waals surface area (Å²) in [5, 5.41) is 9.96. The van der Waals surface area contributed by atoms with Gasteiger partial charge in [0.25, 0.3) is 0 Å². The molecule has 18 heavy (non-hydrogen) atoms. The van der Waals surface area contributed by atoms with Crippen LogP contribution in [-0.2, 0) is 0 Å². The van der Waals surface area contributed by atoms with Gasteiger partial charge in [-0.15, -0.1) is 0 Å². The molecule has 1 aliphatic rings. The van der Waals surface area contributed by atoms with Gasteiger partial charge in [-0.3, -0.25) is 0 Å². The summed E-state index contributed by atoms with van der Waals surface area (Å²) in [6.45, 7) is 2.04. The fourth-order valence-corrected chi connectivity index (χ4v) is 2.54. The molecule has 2 heterocycles. The van der Waals surface area contributed by atoms with E-state index in [1.807, 2.05) is 12.3 Å². The number of rotatable bonds is 4. The number of nitrogens with one attached hydrogen (secondary N) is 1. The highest BCUT2D eigenvalue weighted by Gasteiger charge is 2.21. The van der Waals surface area contributed by atoms with E-state index in [1.165, 1.54) is 11.8 Å². The average Bonchev–Trinajstić information content (AvgIpc) is 2.46. The summed E-state index contributed by atoms with van der Waals surface area (Å²) in [6.07, 6.45) is 4.09. The third-order valence-electron chi connectivity index (χ3n) is 3.12. The maximum Gasteiger partial charge on any atom is 0.191 e. The number of aliphatic hydroxyl groups excluding tert-OH is 1. The minimum absolute atomic E-state index is 0.235. The molecule has 0 aliphatic carbocycles. The molecule has 0 spiro atoms. The fraction of sp³-hybridized carbons (Fsp3) is 0.636. The second-order valence-electron chi connectivity index (χ2n) is 4.38. The van der Waals surface area contributed by atoms with E-state index in [0.29, 0.717) is 16.9 Å². The molecular weight excluding hydrogens is 250 g/mol. The molecular formula is C11H19N5OS. The first-order chi connectivity index (χ1) is 8.76. The highest BCUT2D eigenvalue weighted by Crippen LogP contribution is 2.24. The minimum Gasteiger partial charge on any atom is -0.396 e. The van der Waals surface area contributed by atoms with Crippen LogP contribution in [-0.4, -0.2) is 41.0 Å². The number of hydrogen-bond acceptors (Lipinski definition) is 7. The van der Waals surface area contributed by atoms with E-state index in [4.69, 9.17) is 5.84 Å². The van der Waals surface area contributed by atoms with Gasteiger partial charge in [0.15, 0.2) is 5.16 Å². The zero-order valence-corrected chi connectivity index (χ0v) is 11.3. The Morgan fingerprint density at radius 3 is 3.11 bits per heavy atom. The number of anilines is 2. The summed E-state index contributed by atoms with van der Waals surface area (Å²) in [5.41, 5.74) is 2.57. The molecule has 1 aliphatic heterocycles. The summed E-state index contributed by atoms with van der Waals surface area (Å²) in [5.74, 6) is 7.25. The number of hydrazine groups is 1. The van der Waals surface area contributed by atoms with Crippen molar-refractivity contribution in [1.82, 2.24) is 9.97 Å². The van der Waals surface area contributed by atoms with Crippen molar-refractivity contribution in [3.05, 3.63) is 6.07 Å². The van der Waals surface area contributed by atoms with Gasteiger partial charge in [0.05, 0.1) is 0 Å². The van der Waals surface area contributed by atoms with Crippen LogP contribution in [0, 0.1) is 5.92 Å². The van der Waals surface area contributed by atoms with Crippen LogP contribution in [0.4, 0.5) is 11.6 Å². The van der Waals surface area contributed by atoms with Crippen molar-refractivity contribution in [1.29, 1.82) is 0 Å². The standard InChI is InChI=1S/C11H19N5OS/c1-18-11-13-9(15-12)5-10(14-11)16-4-2-3-8(6-16)7-17/h5,8,17H,2-4,6-7,12H2,1H3,(H,13,14,15). The van der Waals surface area contributed by atoms with Gasteiger partial charge in [0.2, 0.25) is 0 Å². The Hall–Kier alpha value is -1.05.